The fraction of sp³-hybridized carbons (Fsp3) is 0.0833. The first-order valence-electron chi connectivity index (χ1n) is 5.38. The van der Waals surface area contributed by atoms with Gasteiger partial charge in [-0.1, -0.05) is 18.2 Å². The number of hydrogen-bond acceptors (Lipinski definition) is 3. The zero-order valence-electron chi connectivity index (χ0n) is 9.19. The highest BCUT2D eigenvalue weighted by atomic mass is 32.1. The second-order valence-corrected chi connectivity index (χ2v) is 4.44. The quantitative estimate of drug-likeness (QED) is 0.523. The molecule has 1 aromatic carbocycles. The summed E-state index contributed by atoms with van der Waals surface area (Å²) in [6, 6.07) is 7.51. The molecule has 5 nitrogen and oxygen atoms in total. The minimum atomic E-state index is -0.868. The number of carbonyl (C=O) groups excluding carboxylic acids is 2. The van der Waals surface area contributed by atoms with Crippen LogP contribution in [0.3, 0.4) is 0 Å². The summed E-state index contributed by atoms with van der Waals surface area (Å²) in [6.45, 7) is 0. The van der Waals surface area contributed by atoms with Crippen LogP contribution in [0.5, 0.6) is 0 Å². The highest BCUT2D eigenvalue weighted by Gasteiger charge is 2.35. The first-order chi connectivity index (χ1) is 8.66. The van der Waals surface area contributed by atoms with E-state index in [-0.39, 0.29) is 5.11 Å². The Hall–Kier alpha value is -2.21. The van der Waals surface area contributed by atoms with Crippen LogP contribution in [0.4, 0.5) is 0 Å². The predicted molar refractivity (Wildman–Crippen MR) is 69.9 cm³/mol. The van der Waals surface area contributed by atoms with Gasteiger partial charge in [0.1, 0.15) is 5.92 Å². The number of para-hydroxylation sites is 1. The van der Waals surface area contributed by atoms with Crippen molar-refractivity contribution in [3.05, 3.63) is 36.0 Å². The molecule has 1 aliphatic heterocycles. The number of aromatic amines is 1. The SMILES string of the molecule is O=C1NC(=S)NC(=O)C1c1c[nH]c2ccccc12. The van der Waals surface area contributed by atoms with Gasteiger partial charge in [0.05, 0.1) is 0 Å². The van der Waals surface area contributed by atoms with E-state index in [1.54, 1.807) is 6.20 Å². The van der Waals surface area contributed by atoms with E-state index < -0.39 is 17.7 Å². The first kappa shape index (κ1) is 10.9. The number of H-pyrrole nitrogens is 1. The Morgan fingerprint density at radius 1 is 1.06 bits per heavy atom. The van der Waals surface area contributed by atoms with E-state index in [2.05, 4.69) is 15.6 Å². The second kappa shape index (κ2) is 3.92. The van der Waals surface area contributed by atoms with Crippen LogP contribution in [0.15, 0.2) is 30.5 Å². The molecule has 90 valence electrons. The van der Waals surface area contributed by atoms with Crippen molar-refractivity contribution in [2.24, 2.45) is 0 Å². The number of nitrogens with one attached hydrogen (secondary N) is 3. The standard InChI is InChI=1S/C12H9N3O2S/c16-10-9(11(17)15-12(18)14-10)7-5-13-8-4-2-1-3-6(7)8/h1-5,9,13H,(H2,14,15,16,17,18). The van der Waals surface area contributed by atoms with Gasteiger partial charge in [-0.3, -0.25) is 9.59 Å². The lowest BCUT2D eigenvalue weighted by Crippen LogP contribution is -2.54. The Bertz CT molecular complexity index is 657. The smallest absolute Gasteiger partial charge is 0.243 e. The molecule has 6 heteroatoms. The third kappa shape index (κ3) is 1.58. The van der Waals surface area contributed by atoms with Gasteiger partial charge in [-0.25, -0.2) is 0 Å². The van der Waals surface area contributed by atoms with Crippen LogP contribution >= 0.6 is 12.2 Å². The van der Waals surface area contributed by atoms with Crippen molar-refractivity contribution in [3.63, 3.8) is 0 Å². The average molecular weight is 259 g/mol. The number of fused-ring (bicyclic) bond motifs is 1. The molecule has 1 aliphatic rings. The molecule has 1 fully saturated rings. The van der Waals surface area contributed by atoms with Crippen molar-refractivity contribution in [2.75, 3.05) is 0 Å². The van der Waals surface area contributed by atoms with Gasteiger partial charge in [-0.05, 0) is 23.8 Å². The summed E-state index contributed by atoms with van der Waals surface area (Å²) in [5.41, 5.74) is 1.55. The van der Waals surface area contributed by atoms with Crippen molar-refractivity contribution >= 4 is 40.0 Å². The maximum absolute atomic E-state index is 11.9. The van der Waals surface area contributed by atoms with E-state index in [4.69, 9.17) is 12.2 Å². The molecule has 18 heavy (non-hydrogen) atoms. The summed E-state index contributed by atoms with van der Waals surface area (Å²) in [7, 11) is 0. The van der Waals surface area contributed by atoms with E-state index in [0.29, 0.717) is 5.56 Å². The summed E-state index contributed by atoms with van der Waals surface area (Å²) in [5.74, 6) is -1.66. The Balaban J connectivity index is 2.11. The van der Waals surface area contributed by atoms with Crippen LogP contribution < -0.4 is 10.6 Å². The molecule has 0 unspecified atom stereocenters. The number of thiocarbonyl (C=S) groups is 1. The zero-order valence-corrected chi connectivity index (χ0v) is 10.0. The van der Waals surface area contributed by atoms with Crippen molar-refractivity contribution < 1.29 is 9.59 Å². The van der Waals surface area contributed by atoms with Gasteiger partial charge in [0, 0.05) is 17.1 Å². The normalized spacial score (nSPS) is 16.8. The van der Waals surface area contributed by atoms with Gasteiger partial charge in [-0.2, -0.15) is 0 Å². The van der Waals surface area contributed by atoms with Crippen molar-refractivity contribution in [1.29, 1.82) is 0 Å². The summed E-state index contributed by atoms with van der Waals surface area (Å²) < 4.78 is 0. The molecule has 1 saturated heterocycles. The van der Waals surface area contributed by atoms with Gasteiger partial charge in [-0.15, -0.1) is 0 Å². The summed E-state index contributed by atoms with van der Waals surface area (Å²) >= 11 is 4.77. The molecule has 2 aromatic rings. The van der Waals surface area contributed by atoms with Gasteiger partial charge >= 0.3 is 0 Å². The van der Waals surface area contributed by atoms with Crippen molar-refractivity contribution in [2.45, 2.75) is 5.92 Å². The Morgan fingerprint density at radius 3 is 2.44 bits per heavy atom. The predicted octanol–water partition coefficient (Wildman–Crippen LogP) is 0.782. The third-order valence-electron chi connectivity index (χ3n) is 2.93. The Morgan fingerprint density at radius 2 is 1.72 bits per heavy atom. The van der Waals surface area contributed by atoms with Gasteiger partial charge in [0.25, 0.3) is 0 Å². The molecule has 0 atom stereocenters. The zero-order chi connectivity index (χ0) is 12.7. The average Bonchev–Trinajstić information content (AvgIpc) is 2.72. The molecule has 0 spiro atoms. The lowest BCUT2D eigenvalue weighted by Gasteiger charge is -2.22. The lowest BCUT2D eigenvalue weighted by molar-refractivity contribution is -0.131. The molecule has 0 saturated carbocycles. The molecule has 0 aliphatic carbocycles. The Kier molecular flexibility index (Phi) is 2.38. The van der Waals surface area contributed by atoms with Crippen molar-refractivity contribution in [3.8, 4) is 0 Å². The summed E-state index contributed by atoms with van der Waals surface area (Å²) in [6.07, 6.45) is 1.68. The summed E-state index contributed by atoms with van der Waals surface area (Å²) in [5, 5.41) is 5.84. The molecular formula is C12H9N3O2S. The van der Waals surface area contributed by atoms with E-state index in [1.807, 2.05) is 24.3 Å². The van der Waals surface area contributed by atoms with Gasteiger partial charge in [0.2, 0.25) is 11.8 Å². The van der Waals surface area contributed by atoms with E-state index >= 15 is 0 Å². The number of rotatable bonds is 1. The van der Waals surface area contributed by atoms with Crippen LogP contribution in [0.2, 0.25) is 0 Å². The van der Waals surface area contributed by atoms with Crippen LogP contribution in [-0.2, 0) is 9.59 Å². The van der Waals surface area contributed by atoms with Crippen LogP contribution in [0.1, 0.15) is 11.5 Å². The number of amides is 2. The first-order valence-corrected chi connectivity index (χ1v) is 5.79. The van der Waals surface area contributed by atoms with E-state index in [9.17, 15) is 9.59 Å². The molecule has 2 heterocycles. The highest BCUT2D eigenvalue weighted by molar-refractivity contribution is 7.80. The van der Waals surface area contributed by atoms with Crippen LogP contribution in [0, 0.1) is 0 Å². The maximum Gasteiger partial charge on any atom is 0.243 e. The van der Waals surface area contributed by atoms with E-state index in [1.165, 1.54) is 0 Å². The molecule has 0 radical (unpaired) electrons. The topological polar surface area (TPSA) is 74.0 Å². The second-order valence-electron chi connectivity index (χ2n) is 4.03. The molecular weight excluding hydrogens is 250 g/mol. The molecule has 3 rings (SSSR count). The van der Waals surface area contributed by atoms with Crippen molar-refractivity contribution in [1.82, 2.24) is 15.6 Å². The van der Waals surface area contributed by atoms with Crippen LogP contribution in [-0.4, -0.2) is 21.9 Å². The highest BCUT2D eigenvalue weighted by Crippen LogP contribution is 2.26. The fourth-order valence-corrected chi connectivity index (χ4v) is 2.33. The molecule has 2 amide bonds. The van der Waals surface area contributed by atoms with Crippen LogP contribution in [0.25, 0.3) is 10.9 Å². The maximum atomic E-state index is 11.9. The minimum Gasteiger partial charge on any atom is -0.361 e. The molecule has 0 bridgehead atoms. The fourth-order valence-electron chi connectivity index (χ4n) is 2.13. The molecule has 3 N–H and O–H groups in total. The summed E-state index contributed by atoms with van der Waals surface area (Å²) in [4.78, 5) is 26.8. The number of benzene rings is 1. The number of aromatic nitrogens is 1. The third-order valence-corrected chi connectivity index (χ3v) is 3.13. The van der Waals surface area contributed by atoms with Gasteiger partial charge in [0.15, 0.2) is 5.11 Å². The van der Waals surface area contributed by atoms with Gasteiger partial charge < -0.3 is 15.6 Å². The largest absolute Gasteiger partial charge is 0.361 e. The number of hydrogen-bond donors (Lipinski definition) is 3. The monoisotopic (exact) mass is 259 g/mol. The minimum absolute atomic E-state index is 0.0566. The Labute approximate surface area is 108 Å². The lowest BCUT2D eigenvalue weighted by atomic mass is 9.95. The molecule has 1 aromatic heterocycles. The number of carbonyl (C=O) groups is 2. The van der Waals surface area contributed by atoms with E-state index in [0.717, 1.165) is 10.9 Å².